The van der Waals surface area contributed by atoms with Crippen molar-refractivity contribution in [2.75, 3.05) is 40.0 Å². The highest BCUT2D eigenvalue weighted by atomic mass is 16.5. The molecule has 0 amide bonds. The predicted octanol–water partition coefficient (Wildman–Crippen LogP) is 3.64. The van der Waals surface area contributed by atoms with Crippen molar-refractivity contribution in [3.05, 3.63) is 59.8 Å². The van der Waals surface area contributed by atoms with Gasteiger partial charge in [-0.25, -0.2) is 9.98 Å². The Hall–Kier alpha value is -2.64. The largest absolute Gasteiger partial charge is 0.473 e. The van der Waals surface area contributed by atoms with Gasteiger partial charge in [-0.3, -0.25) is 0 Å². The number of nitrogens with zero attached hydrogens (tertiary/aromatic N) is 3. The molecule has 2 aromatic rings. The van der Waals surface area contributed by atoms with Crippen LogP contribution in [-0.4, -0.2) is 61.9 Å². The topological polar surface area (TPSA) is 68.2 Å². The Balaban J connectivity index is 1.55. The van der Waals surface area contributed by atoms with Crippen LogP contribution in [0, 0.1) is 0 Å². The van der Waals surface area contributed by atoms with E-state index in [4.69, 9.17) is 19.2 Å². The number of hydrogen-bond donors (Lipinski definition) is 1. The monoisotopic (exact) mass is 440 g/mol. The first-order valence-corrected chi connectivity index (χ1v) is 11.5. The highest BCUT2D eigenvalue weighted by Crippen LogP contribution is 2.18. The lowest BCUT2D eigenvalue weighted by atomic mass is 10.1. The number of aliphatic imine (C=N–C) groups is 1. The Bertz CT molecular complexity index is 808. The number of ether oxygens (including phenoxy) is 3. The molecule has 3 rings (SSSR count). The number of guanidine groups is 1. The van der Waals surface area contributed by atoms with Gasteiger partial charge in [0.05, 0.1) is 12.6 Å². The maximum Gasteiger partial charge on any atom is 0.218 e. The summed E-state index contributed by atoms with van der Waals surface area (Å²) in [6, 6.07) is 14.1. The van der Waals surface area contributed by atoms with Gasteiger partial charge in [0.2, 0.25) is 5.88 Å². The lowest BCUT2D eigenvalue weighted by Gasteiger charge is -2.34. The van der Waals surface area contributed by atoms with E-state index in [1.807, 2.05) is 30.3 Å². The summed E-state index contributed by atoms with van der Waals surface area (Å²) in [7, 11) is 1.73. The van der Waals surface area contributed by atoms with Gasteiger partial charge in [-0.1, -0.05) is 36.4 Å². The number of piperidine rings is 1. The zero-order valence-electron chi connectivity index (χ0n) is 19.3. The van der Waals surface area contributed by atoms with Crippen LogP contribution in [0.15, 0.2) is 53.7 Å². The zero-order valence-corrected chi connectivity index (χ0v) is 19.3. The molecule has 7 nitrogen and oxygen atoms in total. The molecule has 0 atom stereocenters. The quantitative estimate of drug-likeness (QED) is 0.327. The molecule has 1 saturated heterocycles. The van der Waals surface area contributed by atoms with Crippen LogP contribution in [0.3, 0.4) is 0 Å². The van der Waals surface area contributed by atoms with Crippen molar-refractivity contribution in [2.24, 2.45) is 4.99 Å². The van der Waals surface area contributed by atoms with E-state index < -0.39 is 0 Å². The molecule has 1 fully saturated rings. The summed E-state index contributed by atoms with van der Waals surface area (Å²) in [5.41, 5.74) is 2.10. The number of hydrogen-bond acceptors (Lipinski definition) is 5. The summed E-state index contributed by atoms with van der Waals surface area (Å²) in [5, 5.41) is 3.43. The first-order valence-electron chi connectivity index (χ1n) is 11.5. The summed E-state index contributed by atoms with van der Waals surface area (Å²) in [4.78, 5) is 11.6. The molecule has 0 spiro atoms. The van der Waals surface area contributed by atoms with Gasteiger partial charge in [0, 0.05) is 51.7 Å². The van der Waals surface area contributed by atoms with E-state index in [0.29, 0.717) is 25.1 Å². The van der Waals surface area contributed by atoms with Crippen LogP contribution in [0.4, 0.5) is 0 Å². The smallest absolute Gasteiger partial charge is 0.218 e. The van der Waals surface area contributed by atoms with E-state index in [1.165, 1.54) is 0 Å². The summed E-state index contributed by atoms with van der Waals surface area (Å²) < 4.78 is 17.1. The van der Waals surface area contributed by atoms with Gasteiger partial charge in [0.25, 0.3) is 0 Å². The molecule has 2 heterocycles. The molecule has 0 bridgehead atoms. The molecule has 174 valence electrons. The van der Waals surface area contributed by atoms with Crippen molar-refractivity contribution in [1.82, 2.24) is 15.2 Å². The third-order valence-electron chi connectivity index (χ3n) is 5.39. The molecule has 0 radical (unpaired) electrons. The molecular weight excluding hydrogens is 404 g/mol. The van der Waals surface area contributed by atoms with Crippen LogP contribution in [0.25, 0.3) is 0 Å². The first-order chi connectivity index (χ1) is 15.8. The Morgan fingerprint density at radius 2 is 1.94 bits per heavy atom. The second kappa shape index (κ2) is 13.7. The Morgan fingerprint density at radius 3 is 2.69 bits per heavy atom. The number of rotatable bonds is 11. The number of aromatic nitrogens is 1. The molecule has 1 aromatic heterocycles. The van der Waals surface area contributed by atoms with Crippen LogP contribution in [0.1, 0.15) is 37.3 Å². The lowest BCUT2D eigenvalue weighted by Crippen LogP contribution is -2.47. The van der Waals surface area contributed by atoms with Crippen molar-refractivity contribution in [3.8, 4) is 5.88 Å². The standard InChI is InChI=1S/C25H36N4O3/c1-3-26-25(29-15-12-23(13-16-29)31-18-8-17-30-2)28-19-22-11-7-14-27-24(22)32-20-21-9-5-4-6-10-21/h4-7,9-11,14,23H,3,8,12-13,15-20H2,1-2H3,(H,26,28). The van der Waals surface area contributed by atoms with Gasteiger partial charge < -0.3 is 24.4 Å². The lowest BCUT2D eigenvalue weighted by molar-refractivity contribution is 0.00990. The Labute approximate surface area is 191 Å². The second-order valence-electron chi connectivity index (χ2n) is 7.82. The minimum absolute atomic E-state index is 0.322. The van der Waals surface area contributed by atoms with E-state index in [1.54, 1.807) is 13.3 Å². The molecule has 0 saturated carbocycles. The van der Waals surface area contributed by atoms with Crippen LogP contribution in [0.2, 0.25) is 0 Å². The maximum atomic E-state index is 5.99. The normalized spacial score (nSPS) is 15.1. The van der Waals surface area contributed by atoms with Crippen molar-refractivity contribution in [2.45, 2.75) is 45.4 Å². The molecule has 0 aliphatic carbocycles. The van der Waals surface area contributed by atoms with Crippen LogP contribution >= 0.6 is 0 Å². The fourth-order valence-electron chi connectivity index (χ4n) is 3.67. The number of pyridine rings is 1. The van der Waals surface area contributed by atoms with Crippen molar-refractivity contribution < 1.29 is 14.2 Å². The van der Waals surface area contributed by atoms with E-state index in [-0.39, 0.29) is 0 Å². The van der Waals surface area contributed by atoms with Crippen molar-refractivity contribution >= 4 is 5.96 Å². The minimum atomic E-state index is 0.322. The highest BCUT2D eigenvalue weighted by Gasteiger charge is 2.22. The predicted molar refractivity (Wildman–Crippen MR) is 127 cm³/mol. The van der Waals surface area contributed by atoms with Crippen molar-refractivity contribution in [1.29, 1.82) is 0 Å². The third kappa shape index (κ3) is 7.80. The van der Waals surface area contributed by atoms with E-state index >= 15 is 0 Å². The minimum Gasteiger partial charge on any atom is -0.473 e. The fraction of sp³-hybridized carbons (Fsp3) is 0.520. The average molecular weight is 441 g/mol. The summed E-state index contributed by atoms with van der Waals surface area (Å²) in [6.45, 7) is 7.33. The van der Waals surface area contributed by atoms with E-state index in [2.05, 4.69) is 34.3 Å². The average Bonchev–Trinajstić information content (AvgIpc) is 2.85. The summed E-state index contributed by atoms with van der Waals surface area (Å²) in [5.74, 6) is 1.57. The van der Waals surface area contributed by atoms with Gasteiger partial charge in [-0.2, -0.15) is 0 Å². The Morgan fingerprint density at radius 1 is 1.12 bits per heavy atom. The molecular formula is C25H36N4O3. The highest BCUT2D eigenvalue weighted by molar-refractivity contribution is 5.80. The molecule has 1 aromatic carbocycles. The van der Waals surface area contributed by atoms with Crippen LogP contribution < -0.4 is 10.1 Å². The van der Waals surface area contributed by atoms with Crippen molar-refractivity contribution in [3.63, 3.8) is 0 Å². The first kappa shape index (κ1) is 24.0. The Kier molecular flexibility index (Phi) is 10.3. The van der Waals surface area contributed by atoms with E-state index in [0.717, 1.165) is 69.2 Å². The van der Waals surface area contributed by atoms with Crippen LogP contribution in [-0.2, 0) is 22.6 Å². The van der Waals surface area contributed by atoms with Gasteiger partial charge in [0.15, 0.2) is 5.96 Å². The molecule has 7 heteroatoms. The van der Waals surface area contributed by atoms with E-state index in [9.17, 15) is 0 Å². The summed E-state index contributed by atoms with van der Waals surface area (Å²) >= 11 is 0. The molecule has 0 unspecified atom stereocenters. The van der Waals surface area contributed by atoms with Gasteiger partial charge in [-0.05, 0) is 37.8 Å². The third-order valence-corrected chi connectivity index (χ3v) is 5.39. The molecule has 32 heavy (non-hydrogen) atoms. The maximum absolute atomic E-state index is 5.99. The molecule has 1 aliphatic rings. The number of nitrogens with one attached hydrogen (secondary N) is 1. The number of benzene rings is 1. The van der Waals surface area contributed by atoms with Gasteiger partial charge in [0.1, 0.15) is 6.61 Å². The van der Waals surface area contributed by atoms with Gasteiger partial charge >= 0.3 is 0 Å². The number of methoxy groups -OCH3 is 1. The summed E-state index contributed by atoms with van der Waals surface area (Å²) in [6.07, 6.45) is 5.05. The zero-order chi connectivity index (χ0) is 22.4. The second-order valence-corrected chi connectivity index (χ2v) is 7.82. The SMILES string of the molecule is CCNC(=NCc1cccnc1OCc1ccccc1)N1CCC(OCCCOC)CC1. The fourth-order valence-corrected chi connectivity index (χ4v) is 3.67. The van der Waals surface area contributed by atoms with Crippen LogP contribution in [0.5, 0.6) is 5.88 Å². The molecule has 1 aliphatic heterocycles. The molecule has 1 N–H and O–H groups in total. The van der Waals surface area contributed by atoms with Gasteiger partial charge in [-0.15, -0.1) is 0 Å². The number of likely N-dealkylation sites (tertiary alicyclic amines) is 1.